The molecule has 0 spiro atoms. The molecule has 0 radical (unpaired) electrons. The van der Waals surface area contributed by atoms with Gasteiger partial charge in [0.25, 0.3) is 5.56 Å². The number of aryl methyl sites for hydroxylation is 3. The van der Waals surface area contributed by atoms with Gasteiger partial charge in [0.15, 0.2) is 0 Å². The van der Waals surface area contributed by atoms with Crippen molar-refractivity contribution in [1.29, 1.82) is 0 Å². The molecule has 4 rings (SSSR count). The predicted molar refractivity (Wildman–Crippen MR) is 89.7 cm³/mol. The van der Waals surface area contributed by atoms with Crippen molar-refractivity contribution in [1.82, 2.24) is 9.13 Å². The lowest BCUT2D eigenvalue weighted by molar-refractivity contribution is 0.777. The van der Waals surface area contributed by atoms with E-state index in [0.717, 1.165) is 29.7 Å². The van der Waals surface area contributed by atoms with Gasteiger partial charge in [-0.25, -0.2) is 9.36 Å². The van der Waals surface area contributed by atoms with Crippen molar-refractivity contribution in [2.24, 2.45) is 7.05 Å². The van der Waals surface area contributed by atoms with Gasteiger partial charge in [-0.2, -0.15) is 0 Å². The van der Waals surface area contributed by atoms with Gasteiger partial charge in [0.1, 0.15) is 4.83 Å². The molecule has 0 aliphatic heterocycles. The number of halogens is 1. The van der Waals surface area contributed by atoms with E-state index in [-0.39, 0.29) is 11.2 Å². The van der Waals surface area contributed by atoms with Gasteiger partial charge >= 0.3 is 5.69 Å². The fourth-order valence-electron chi connectivity index (χ4n) is 3.10. The lowest BCUT2D eigenvalue weighted by atomic mass is 10.2. The maximum atomic E-state index is 12.9. The minimum Gasteiger partial charge on any atom is -0.287 e. The van der Waals surface area contributed by atoms with Gasteiger partial charge in [0.05, 0.1) is 11.1 Å². The van der Waals surface area contributed by atoms with Gasteiger partial charge in [-0.3, -0.25) is 9.36 Å². The standard InChI is InChI=1S/C16H13ClN2O2S/c1-18-15-13(11-3-2-4-12(11)22-15)14(20)19(16(18)21)10-7-5-9(17)6-8-10/h5-8H,2-4H2,1H3. The van der Waals surface area contributed by atoms with E-state index in [1.165, 1.54) is 9.44 Å². The molecule has 1 aromatic carbocycles. The predicted octanol–water partition coefficient (Wildman–Crippen LogP) is 2.89. The Morgan fingerprint density at radius 2 is 1.86 bits per heavy atom. The summed E-state index contributed by atoms with van der Waals surface area (Å²) in [6.45, 7) is 0. The molecule has 2 heterocycles. The Morgan fingerprint density at radius 1 is 1.14 bits per heavy atom. The van der Waals surface area contributed by atoms with Gasteiger partial charge < -0.3 is 0 Å². The highest BCUT2D eigenvalue weighted by atomic mass is 35.5. The molecule has 112 valence electrons. The van der Waals surface area contributed by atoms with E-state index in [4.69, 9.17) is 11.6 Å². The van der Waals surface area contributed by atoms with E-state index in [1.807, 2.05) is 0 Å². The second-order valence-corrected chi connectivity index (χ2v) is 7.02. The molecule has 6 heteroatoms. The molecule has 0 fully saturated rings. The molecular weight excluding hydrogens is 320 g/mol. The molecule has 1 aliphatic carbocycles. The maximum Gasteiger partial charge on any atom is 0.336 e. The van der Waals surface area contributed by atoms with Crippen molar-refractivity contribution in [3.8, 4) is 5.69 Å². The topological polar surface area (TPSA) is 44.0 Å². The van der Waals surface area contributed by atoms with Crippen LogP contribution in [-0.4, -0.2) is 9.13 Å². The number of nitrogens with zero attached hydrogens (tertiary/aromatic N) is 2. The molecule has 0 unspecified atom stereocenters. The zero-order valence-corrected chi connectivity index (χ0v) is 13.5. The second kappa shape index (κ2) is 4.83. The molecule has 0 atom stereocenters. The number of thiophene rings is 1. The first kappa shape index (κ1) is 13.8. The van der Waals surface area contributed by atoms with Crippen molar-refractivity contribution >= 4 is 33.2 Å². The molecule has 22 heavy (non-hydrogen) atoms. The van der Waals surface area contributed by atoms with Gasteiger partial charge in [-0.1, -0.05) is 11.6 Å². The zero-order valence-electron chi connectivity index (χ0n) is 11.9. The van der Waals surface area contributed by atoms with E-state index >= 15 is 0 Å². The molecule has 2 aromatic heterocycles. The monoisotopic (exact) mass is 332 g/mol. The fourth-order valence-corrected chi connectivity index (χ4v) is 4.56. The van der Waals surface area contributed by atoms with Crippen LogP contribution in [0, 0.1) is 0 Å². The number of fused-ring (bicyclic) bond motifs is 3. The zero-order chi connectivity index (χ0) is 15.4. The van der Waals surface area contributed by atoms with E-state index in [2.05, 4.69) is 0 Å². The Bertz CT molecular complexity index is 1010. The first-order valence-corrected chi connectivity index (χ1v) is 8.29. The molecule has 4 nitrogen and oxygen atoms in total. The van der Waals surface area contributed by atoms with Crippen LogP contribution in [0.4, 0.5) is 0 Å². The van der Waals surface area contributed by atoms with Crippen LogP contribution in [0.3, 0.4) is 0 Å². The van der Waals surface area contributed by atoms with E-state index < -0.39 is 0 Å². The van der Waals surface area contributed by atoms with Crippen LogP contribution < -0.4 is 11.2 Å². The maximum absolute atomic E-state index is 12.9. The quantitative estimate of drug-likeness (QED) is 0.687. The summed E-state index contributed by atoms with van der Waals surface area (Å²) in [5, 5.41) is 1.28. The Morgan fingerprint density at radius 3 is 2.59 bits per heavy atom. The molecule has 0 amide bonds. The van der Waals surface area contributed by atoms with Crippen molar-refractivity contribution in [3.05, 3.63) is 60.6 Å². The lowest BCUT2D eigenvalue weighted by Gasteiger charge is -2.09. The highest BCUT2D eigenvalue weighted by Gasteiger charge is 2.23. The number of rotatable bonds is 1. The number of hydrogen-bond acceptors (Lipinski definition) is 3. The van der Waals surface area contributed by atoms with Crippen LogP contribution in [0.5, 0.6) is 0 Å². The fraction of sp³-hybridized carbons (Fsp3) is 0.250. The molecular formula is C16H13ClN2O2S. The van der Waals surface area contributed by atoms with Gasteiger partial charge in [-0.15, -0.1) is 11.3 Å². The average molecular weight is 333 g/mol. The van der Waals surface area contributed by atoms with E-state index in [1.54, 1.807) is 47.2 Å². The third-order valence-electron chi connectivity index (χ3n) is 4.19. The van der Waals surface area contributed by atoms with Gasteiger partial charge in [0, 0.05) is 16.9 Å². The normalized spacial score (nSPS) is 13.7. The van der Waals surface area contributed by atoms with E-state index in [9.17, 15) is 9.59 Å². The van der Waals surface area contributed by atoms with Crippen molar-refractivity contribution in [2.75, 3.05) is 0 Å². The smallest absolute Gasteiger partial charge is 0.287 e. The van der Waals surface area contributed by atoms with Crippen LogP contribution in [0.25, 0.3) is 15.9 Å². The SMILES string of the molecule is Cn1c(=O)n(-c2ccc(Cl)cc2)c(=O)c2c3c(sc21)CCC3. The van der Waals surface area contributed by atoms with Crippen molar-refractivity contribution < 1.29 is 0 Å². The molecule has 1 aliphatic rings. The average Bonchev–Trinajstić information content (AvgIpc) is 3.07. The largest absolute Gasteiger partial charge is 0.336 e. The van der Waals surface area contributed by atoms with Crippen molar-refractivity contribution in [2.45, 2.75) is 19.3 Å². The molecule has 3 aromatic rings. The van der Waals surface area contributed by atoms with Crippen LogP contribution in [-0.2, 0) is 19.9 Å². The molecule has 0 saturated carbocycles. The number of hydrogen-bond donors (Lipinski definition) is 0. The van der Waals surface area contributed by atoms with Crippen LogP contribution >= 0.6 is 22.9 Å². The van der Waals surface area contributed by atoms with E-state index in [0.29, 0.717) is 16.1 Å². The number of benzene rings is 1. The Balaban J connectivity index is 2.14. The number of aromatic nitrogens is 2. The summed E-state index contributed by atoms with van der Waals surface area (Å²) in [4.78, 5) is 27.6. The second-order valence-electron chi connectivity index (χ2n) is 5.50. The van der Waals surface area contributed by atoms with Crippen molar-refractivity contribution in [3.63, 3.8) is 0 Å². The summed E-state index contributed by atoms with van der Waals surface area (Å²) in [6, 6.07) is 6.77. The summed E-state index contributed by atoms with van der Waals surface area (Å²) in [6.07, 6.45) is 3.01. The first-order valence-electron chi connectivity index (χ1n) is 7.10. The lowest BCUT2D eigenvalue weighted by Crippen LogP contribution is -2.37. The summed E-state index contributed by atoms with van der Waals surface area (Å²) >= 11 is 7.47. The summed E-state index contributed by atoms with van der Waals surface area (Å²) in [5.74, 6) is 0. The van der Waals surface area contributed by atoms with Gasteiger partial charge in [-0.05, 0) is 49.1 Å². The van der Waals surface area contributed by atoms with Gasteiger partial charge in [0.2, 0.25) is 0 Å². The summed E-state index contributed by atoms with van der Waals surface area (Å²) in [7, 11) is 1.72. The van der Waals surface area contributed by atoms with Crippen LogP contribution in [0.2, 0.25) is 5.02 Å². The Hall–Kier alpha value is -1.85. The third kappa shape index (κ3) is 1.82. The summed E-state index contributed by atoms with van der Waals surface area (Å²) < 4.78 is 2.82. The minimum absolute atomic E-state index is 0.222. The highest BCUT2D eigenvalue weighted by Crippen LogP contribution is 2.34. The molecule has 0 N–H and O–H groups in total. The Kier molecular flexibility index (Phi) is 3.03. The van der Waals surface area contributed by atoms with Crippen LogP contribution in [0.15, 0.2) is 33.9 Å². The molecule has 0 saturated heterocycles. The first-order chi connectivity index (χ1) is 10.6. The molecule has 0 bridgehead atoms. The Labute approximate surface area is 135 Å². The van der Waals surface area contributed by atoms with Crippen LogP contribution in [0.1, 0.15) is 16.9 Å². The summed E-state index contributed by atoms with van der Waals surface area (Å²) in [5.41, 5.74) is 1.14. The highest BCUT2D eigenvalue weighted by molar-refractivity contribution is 7.18. The third-order valence-corrected chi connectivity index (χ3v) is 5.81. The minimum atomic E-state index is -0.320.